The van der Waals surface area contributed by atoms with Crippen LogP contribution in [0, 0.1) is 0 Å². The van der Waals surface area contributed by atoms with Crippen molar-refractivity contribution in [3.8, 4) is 0 Å². The average Bonchev–Trinajstić information content (AvgIpc) is 3.45. The lowest BCUT2D eigenvalue weighted by molar-refractivity contribution is 0.0177. The molecule has 1 unspecified atom stereocenters. The number of halogens is 1. The molecule has 1 saturated heterocycles. The molecular formula is C21H34IN7O2S. The lowest BCUT2D eigenvalue weighted by atomic mass is 10.2. The summed E-state index contributed by atoms with van der Waals surface area (Å²) in [5, 5.41) is 13.5. The molecule has 2 aromatic heterocycles. The van der Waals surface area contributed by atoms with Gasteiger partial charge in [-0.25, -0.2) is 9.48 Å². The molecule has 4 rings (SSSR count). The summed E-state index contributed by atoms with van der Waals surface area (Å²) >= 11 is 1.79. The third-order valence-corrected chi connectivity index (χ3v) is 6.89. The van der Waals surface area contributed by atoms with Gasteiger partial charge >= 0.3 is 5.69 Å². The number of rotatable bonds is 8. The van der Waals surface area contributed by atoms with E-state index >= 15 is 0 Å². The Labute approximate surface area is 210 Å². The van der Waals surface area contributed by atoms with E-state index in [1.165, 1.54) is 4.88 Å². The minimum Gasteiger partial charge on any atom is -0.379 e. The predicted molar refractivity (Wildman–Crippen MR) is 138 cm³/mol. The molecule has 1 atom stereocenters. The largest absolute Gasteiger partial charge is 0.379 e. The summed E-state index contributed by atoms with van der Waals surface area (Å²) in [6.07, 6.45) is 3.91. The molecule has 4 heterocycles. The van der Waals surface area contributed by atoms with E-state index in [0.717, 1.165) is 83.4 Å². The molecule has 0 bridgehead atoms. The minimum atomic E-state index is 0. The maximum atomic E-state index is 12.4. The Balaban J connectivity index is 0.00000289. The first-order chi connectivity index (χ1) is 15.3. The normalized spacial score (nSPS) is 18.0. The summed E-state index contributed by atoms with van der Waals surface area (Å²) < 4.78 is 8.97. The third kappa shape index (κ3) is 6.33. The van der Waals surface area contributed by atoms with E-state index in [0.29, 0.717) is 12.6 Å². The summed E-state index contributed by atoms with van der Waals surface area (Å²) in [5.41, 5.74) is 0.0292. The van der Waals surface area contributed by atoms with Gasteiger partial charge in [-0.3, -0.25) is 14.5 Å². The maximum Gasteiger partial charge on any atom is 0.345 e. The fraction of sp³-hybridized carbons (Fsp3) is 0.667. The zero-order valence-corrected chi connectivity index (χ0v) is 21.8. The molecule has 2 N–H and O–H groups in total. The van der Waals surface area contributed by atoms with Gasteiger partial charge in [-0.2, -0.15) is 5.10 Å². The average molecular weight is 576 g/mol. The van der Waals surface area contributed by atoms with Gasteiger partial charge in [-0.15, -0.1) is 35.3 Å². The van der Waals surface area contributed by atoms with Crippen molar-refractivity contribution in [2.75, 3.05) is 46.4 Å². The van der Waals surface area contributed by atoms with Gasteiger partial charge in [-0.1, -0.05) is 6.07 Å². The first-order valence-corrected chi connectivity index (χ1v) is 12.1. The van der Waals surface area contributed by atoms with Crippen LogP contribution in [0.15, 0.2) is 27.3 Å². The number of aromatic nitrogens is 3. The zero-order chi connectivity index (χ0) is 21.5. The number of aliphatic imine (C=N–C) groups is 1. The highest BCUT2D eigenvalue weighted by atomic mass is 127. The summed E-state index contributed by atoms with van der Waals surface area (Å²) in [7, 11) is 1.79. The second kappa shape index (κ2) is 12.7. The van der Waals surface area contributed by atoms with Crippen LogP contribution in [0.2, 0.25) is 0 Å². The number of nitrogens with one attached hydrogen (secondary N) is 2. The number of fused-ring (bicyclic) bond motifs is 1. The van der Waals surface area contributed by atoms with Crippen LogP contribution in [-0.4, -0.2) is 71.6 Å². The van der Waals surface area contributed by atoms with Gasteiger partial charge in [0.25, 0.3) is 0 Å². The highest BCUT2D eigenvalue weighted by Crippen LogP contribution is 2.25. The van der Waals surface area contributed by atoms with Gasteiger partial charge in [0.15, 0.2) is 5.96 Å². The Bertz CT molecular complexity index is 906. The molecule has 0 saturated carbocycles. The SMILES string of the molecule is CN=C(NCCCn1nc2n(c1=O)CCCC2)NCC(c1cccs1)N1CCOCC1.I. The van der Waals surface area contributed by atoms with Crippen molar-refractivity contribution in [1.82, 2.24) is 29.9 Å². The van der Waals surface area contributed by atoms with Gasteiger partial charge in [-0.05, 0) is 30.7 Å². The second-order valence-corrected chi connectivity index (χ2v) is 8.92. The van der Waals surface area contributed by atoms with Crippen LogP contribution in [0.1, 0.15) is 36.0 Å². The van der Waals surface area contributed by atoms with Crippen molar-refractivity contribution in [3.05, 3.63) is 38.7 Å². The fourth-order valence-corrected chi connectivity index (χ4v) is 5.08. The maximum absolute atomic E-state index is 12.4. The van der Waals surface area contributed by atoms with Crippen LogP contribution in [0.25, 0.3) is 0 Å². The quantitative estimate of drug-likeness (QED) is 0.216. The molecule has 9 nitrogen and oxygen atoms in total. The van der Waals surface area contributed by atoms with E-state index in [1.807, 2.05) is 4.57 Å². The van der Waals surface area contributed by atoms with Crippen LogP contribution in [-0.2, 0) is 24.2 Å². The van der Waals surface area contributed by atoms with Gasteiger partial charge in [0.05, 0.1) is 19.3 Å². The van der Waals surface area contributed by atoms with E-state index in [9.17, 15) is 4.79 Å². The van der Waals surface area contributed by atoms with Crippen LogP contribution >= 0.6 is 35.3 Å². The number of aryl methyl sites for hydroxylation is 2. The van der Waals surface area contributed by atoms with Crippen LogP contribution < -0.4 is 16.3 Å². The molecule has 178 valence electrons. The monoisotopic (exact) mass is 575 g/mol. The summed E-state index contributed by atoms with van der Waals surface area (Å²) in [6.45, 7) is 6.39. The van der Waals surface area contributed by atoms with Gasteiger partial charge in [0.2, 0.25) is 0 Å². The number of hydrogen-bond donors (Lipinski definition) is 2. The fourth-order valence-electron chi connectivity index (χ4n) is 4.22. The van der Waals surface area contributed by atoms with Crippen molar-refractivity contribution in [3.63, 3.8) is 0 Å². The molecule has 0 aliphatic carbocycles. The number of hydrogen-bond acceptors (Lipinski definition) is 6. The molecule has 11 heteroatoms. The smallest absolute Gasteiger partial charge is 0.345 e. The predicted octanol–water partition coefficient (Wildman–Crippen LogP) is 1.69. The Morgan fingerprint density at radius 2 is 2.12 bits per heavy atom. The number of thiophene rings is 1. The molecule has 2 aromatic rings. The van der Waals surface area contributed by atoms with Crippen LogP contribution in [0.4, 0.5) is 0 Å². The van der Waals surface area contributed by atoms with E-state index < -0.39 is 0 Å². The molecule has 32 heavy (non-hydrogen) atoms. The van der Waals surface area contributed by atoms with Crippen molar-refractivity contribution in [2.45, 2.75) is 44.8 Å². The molecule has 0 amide bonds. The van der Waals surface area contributed by atoms with E-state index in [4.69, 9.17) is 4.74 Å². The lowest BCUT2D eigenvalue weighted by Gasteiger charge is -2.34. The molecule has 0 aromatic carbocycles. The second-order valence-electron chi connectivity index (χ2n) is 7.94. The van der Waals surface area contributed by atoms with E-state index in [2.05, 4.69) is 43.1 Å². The summed E-state index contributed by atoms with van der Waals surface area (Å²) in [6, 6.07) is 4.61. The van der Waals surface area contributed by atoms with Gasteiger partial charge in [0.1, 0.15) is 5.82 Å². The van der Waals surface area contributed by atoms with Crippen molar-refractivity contribution >= 4 is 41.3 Å². The number of guanidine groups is 1. The zero-order valence-electron chi connectivity index (χ0n) is 18.7. The summed E-state index contributed by atoms with van der Waals surface area (Å²) in [4.78, 5) is 20.6. The standard InChI is InChI=1S/C21H33N7O2S.HI/c1-22-20(23-8-5-10-28-21(29)27-9-3-2-7-19(27)25-28)24-16-17(18-6-4-15-31-18)26-11-13-30-14-12-26;/h4,6,15,17H,2-3,5,7-14,16H2,1H3,(H2,22,23,24);1H. The highest BCUT2D eigenvalue weighted by Gasteiger charge is 2.23. The Morgan fingerprint density at radius 1 is 1.28 bits per heavy atom. The number of ether oxygens (including phenoxy) is 1. The van der Waals surface area contributed by atoms with Crippen LogP contribution in [0.3, 0.4) is 0 Å². The molecule has 2 aliphatic rings. The minimum absolute atomic E-state index is 0. The molecule has 2 aliphatic heterocycles. The van der Waals surface area contributed by atoms with Crippen molar-refractivity contribution in [1.29, 1.82) is 0 Å². The summed E-state index contributed by atoms with van der Waals surface area (Å²) in [5.74, 6) is 1.72. The highest BCUT2D eigenvalue weighted by molar-refractivity contribution is 14.0. The number of nitrogens with zero attached hydrogens (tertiary/aromatic N) is 5. The Kier molecular flexibility index (Phi) is 10.0. The van der Waals surface area contributed by atoms with E-state index in [1.54, 1.807) is 23.1 Å². The first kappa shape index (κ1) is 25.2. The third-order valence-electron chi connectivity index (χ3n) is 5.92. The Hall–Kier alpha value is -1.44. The van der Waals surface area contributed by atoms with Crippen molar-refractivity contribution in [2.24, 2.45) is 4.99 Å². The molecule has 0 spiro atoms. The van der Waals surface area contributed by atoms with Gasteiger partial charge in [0, 0.05) is 57.6 Å². The topological polar surface area (TPSA) is 88.7 Å². The van der Waals surface area contributed by atoms with Gasteiger partial charge < -0.3 is 15.4 Å². The first-order valence-electron chi connectivity index (χ1n) is 11.2. The molecule has 0 radical (unpaired) electrons. The number of morpholine rings is 1. The van der Waals surface area contributed by atoms with Crippen LogP contribution in [0.5, 0.6) is 0 Å². The lowest BCUT2D eigenvalue weighted by Crippen LogP contribution is -2.46. The van der Waals surface area contributed by atoms with Crippen molar-refractivity contribution < 1.29 is 4.74 Å². The Morgan fingerprint density at radius 3 is 2.84 bits per heavy atom. The molecule has 1 fully saturated rings. The molecular weight excluding hydrogens is 541 g/mol. The van der Waals surface area contributed by atoms with E-state index in [-0.39, 0.29) is 29.7 Å².